The zero-order valence-corrected chi connectivity index (χ0v) is 9.88. The number of amidine groups is 1. The summed E-state index contributed by atoms with van der Waals surface area (Å²) in [4.78, 5) is 4.23. The molecule has 0 aliphatic carbocycles. The molecule has 2 aromatic rings. The minimum absolute atomic E-state index is 0.0216. The minimum Gasteiger partial charge on any atom is -0.382 e. The van der Waals surface area contributed by atoms with Gasteiger partial charge in [0.05, 0.1) is 5.69 Å². The number of nitrogens with two attached hydrogens (primary N) is 1. The van der Waals surface area contributed by atoms with E-state index in [1.807, 2.05) is 32.0 Å². The van der Waals surface area contributed by atoms with Crippen molar-refractivity contribution in [3.05, 3.63) is 36.2 Å². The lowest BCUT2D eigenvalue weighted by atomic mass is 10.2. The molecule has 2 heterocycles. The Bertz CT molecular complexity index is 527. The van der Waals surface area contributed by atoms with Crippen molar-refractivity contribution >= 4 is 5.84 Å². The highest BCUT2D eigenvalue weighted by Crippen LogP contribution is 2.18. The number of nitrogen functional groups attached to an aromatic ring is 1. The Balaban J connectivity index is 2.51. The molecule has 0 saturated carbocycles. The van der Waals surface area contributed by atoms with Crippen molar-refractivity contribution in [1.82, 2.24) is 14.8 Å². The molecule has 0 atom stereocenters. The lowest BCUT2D eigenvalue weighted by Gasteiger charge is -2.08. The molecule has 0 unspecified atom stereocenters. The van der Waals surface area contributed by atoms with Gasteiger partial charge in [0.2, 0.25) is 0 Å². The normalized spacial score (nSPS) is 10.8. The summed E-state index contributed by atoms with van der Waals surface area (Å²) in [6.45, 7) is 4.00. The fraction of sp³-hybridized carbons (Fsp3) is 0.250. The van der Waals surface area contributed by atoms with Gasteiger partial charge in [-0.1, -0.05) is 6.07 Å². The molecule has 5 heteroatoms. The van der Waals surface area contributed by atoms with E-state index in [-0.39, 0.29) is 11.9 Å². The zero-order chi connectivity index (χ0) is 12.4. The van der Waals surface area contributed by atoms with E-state index in [0.717, 1.165) is 11.4 Å². The van der Waals surface area contributed by atoms with Crippen LogP contribution < -0.4 is 5.73 Å². The van der Waals surface area contributed by atoms with Crippen LogP contribution in [0.2, 0.25) is 0 Å². The van der Waals surface area contributed by atoms with Gasteiger partial charge in [-0.25, -0.2) is 0 Å². The van der Waals surface area contributed by atoms with E-state index in [4.69, 9.17) is 11.1 Å². The highest BCUT2D eigenvalue weighted by molar-refractivity contribution is 5.94. The summed E-state index contributed by atoms with van der Waals surface area (Å²) in [5, 5.41) is 12.0. The van der Waals surface area contributed by atoms with Gasteiger partial charge in [0, 0.05) is 12.2 Å². The second-order valence-electron chi connectivity index (χ2n) is 4.08. The van der Waals surface area contributed by atoms with Gasteiger partial charge in [0.25, 0.3) is 0 Å². The van der Waals surface area contributed by atoms with Gasteiger partial charge in [0.15, 0.2) is 0 Å². The average molecular weight is 229 g/mol. The van der Waals surface area contributed by atoms with E-state index in [1.54, 1.807) is 16.9 Å². The standard InChI is InChI=1S/C12H15N5/c1-8(2)17-11(12(13)14)7-10(16-17)9-5-3-4-6-15-9/h3-8H,1-2H3,(H3,13,14). The first kappa shape index (κ1) is 11.3. The van der Waals surface area contributed by atoms with Crippen molar-refractivity contribution in [1.29, 1.82) is 5.41 Å². The van der Waals surface area contributed by atoms with Crippen molar-refractivity contribution in [3.8, 4) is 11.4 Å². The summed E-state index contributed by atoms with van der Waals surface area (Å²) in [6.07, 6.45) is 1.72. The van der Waals surface area contributed by atoms with Crippen molar-refractivity contribution < 1.29 is 0 Å². The Kier molecular flexibility index (Phi) is 2.91. The maximum Gasteiger partial charge on any atom is 0.141 e. The number of aromatic nitrogens is 3. The zero-order valence-electron chi connectivity index (χ0n) is 9.88. The Hall–Kier alpha value is -2.17. The number of hydrogen-bond acceptors (Lipinski definition) is 3. The summed E-state index contributed by atoms with van der Waals surface area (Å²) < 4.78 is 1.74. The van der Waals surface area contributed by atoms with Crippen LogP contribution in [0.5, 0.6) is 0 Å². The second-order valence-corrected chi connectivity index (χ2v) is 4.08. The Morgan fingerprint density at radius 2 is 2.12 bits per heavy atom. The molecule has 0 aliphatic rings. The largest absolute Gasteiger partial charge is 0.382 e. The molecular formula is C12H15N5. The van der Waals surface area contributed by atoms with Gasteiger partial charge in [-0.2, -0.15) is 5.10 Å². The van der Waals surface area contributed by atoms with E-state index in [1.165, 1.54) is 0 Å². The van der Waals surface area contributed by atoms with Gasteiger partial charge in [-0.15, -0.1) is 0 Å². The molecule has 0 aromatic carbocycles. The maximum atomic E-state index is 7.54. The van der Waals surface area contributed by atoms with Gasteiger partial charge in [-0.05, 0) is 32.0 Å². The molecule has 0 aliphatic heterocycles. The molecule has 3 N–H and O–H groups in total. The quantitative estimate of drug-likeness (QED) is 0.622. The van der Waals surface area contributed by atoms with E-state index >= 15 is 0 Å². The SMILES string of the molecule is CC(C)n1nc(-c2ccccn2)cc1C(=N)N. The number of pyridine rings is 1. The van der Waals surface area contributed by atoms with Gasteiger partial charge < -0.3 is 5.73 Å². The lowest BCUT2D eigenvalue weighted by molar-refractivity contribution is 0.529. The maximum absolute atomic E-state index is 7.54. The average Bonchev–Trinajstić information content (AvgIpc) is 2.75. The molecule has 88 valence electrons. The highest BCUT2D eigenvalue weighted by atomic mass is 15.3. The Morgan fingerprint density at radius 3 is 2.59 bits per heavy atom. The molecule has 17 heavy (non-hydrogen) atoms. The number of nitrogens with one attached hydrogen (secondary N) is 1. The van der Waals surface area contributed by atoms with Crippen LogP contribution in [0.25, 0.3) is 11.4 Å². The van der Waals surface area contributed by atoms with Crippen LogP contribution in [-0.2, 0) is 0 Å². The highest BCUT2D eigenvalue weighted by Gasteiger charge is 2.14. The monoisotopic (exact) mass is 229 g/mol. The molecule has 0 saturated heterocycles. The minimum atomic E-state index is 0.0216. The summed E-state index contributed by atoms with van der Waals surface area (Å²) in [5.41, 5.74) is 7.70. The van der Waals surface area contributed by atoms with Crippen LogP contribution >= 0.6 is 0 Å². The molecule has 0 bridgehead atoms. The fourth-order valence-electron chi connectivity index (χ4n) is 1.63. The predicted molar refractivity (Wildman–Crippen MR) is 66.9 cm³/mol. The second kappa shape index (κ2) is 4.37. The molecule has 0 amide bonds. The van der Waals surface area contributed by atoms with Gasteiger partial charge >= 0.3 is 0 Å². The van der Waals surface area contributed by atoms with Gasteiger partial charge in [0.1, 0.15) is 17.2 Å². The van der Waals surface area contributed by atoms with E-state index in [9.17, 15) is 0 Å². The molecule has 0 radical (unpaired) electrons. The Labute approximate surface area is 99.8 Å². The van der Waals surface area contributed by atoms with E-state index < -0.39 is 0 Å². The number of hydrogen-bond donors (Lipinski definition) is 2. The first-order chi connectivity index (χ1) is 8.09. The molecule has 2 rings (SSSR count). The number of nitrogens with zero attached hydrogens (tertiary/aromatic N) is 3. The molecule has 5 nitrogen and oxygen atoms in total. The Morgan fingerprint density at radius 1 is 1.35 bits per heavy atom. The van der Waals surface area contributed by atoms with Crippen molar-refractivity contribution in [2.45, 2.75) is 19.9 Å². The van der Waals surface area contributed by atoms with Crippen LogP contribution in [-0.4, -0.2) is 20.6 Å². The molecule has 2 aromatic heterocycles. The van der Waals surface area contributed by atoms with Crippen LogP contribution in [0.4, 0.5) is 0 Å². The smallest absolute Gasteiger partial charge is 0.141 e. The summed E-state index contributed by atoms with van der Waals surface area (Å²) in [5.74, 6) is 0.0216. The number of rotatable bonds is 3. The first-order valence-corrected chi connectivity index (χ1v) is 5.45. The van der Waals surface area contributed by atoms with Crippen LogP contribution in [0.3, 0.4) is 0 Å². The summed E-state index contributed by atoms with van der Waals surface area (Å²) in [7, 11) is 0. The van der Waals surface area contributed by atoms with Crippen molar-refractivity contribution in [2.75, 3.05) is 0 Å². The van der Waals surface area contributed by atoms with Crippen molar-refractivity contribution in [3.63, 3.8) is 0 Å². The summed E-state index contributed by atoms with van der Waals surface area (Å²) >= 11 is 0. The van der Waals surface area contributed by atoms with Crippen LogP contribution in [0.15, 0.2) is 30.5 Å². The van der Waals surface area contributed by atoms with E-state index in [2.05, 4.69) is 10.1 Å². The molecule has 0 fully saturated rings. The third kappa shape index (κ3) is 2.18. The first-order valence-electron chi connectivity index (χ1n) is 5.45. The van der Waals surface area contributed by atoms with Crippen molar-refractivity contribution in [2.24, 2.45) is 5.73 Å². The third-order valence-corrected chi connectivity index (χ3v) is 2.43. The predicted octanol–water partition coefficient (Wildman–Crippen LogP) is 1.81. The fourth-order valence-corrected chi connectivity index (χ4v) is 1.63. The third-order valence-electron chi connectivity index (χ3n) is 2.43. The lowest BCUT2D eigenvalue weighted by Crippen LogP contribution is -2.18. The molecule has 0 spiro atoms. The van der Waals surface area contributed by atoms with E-state index in [0.29, 0.717) is 5.69 Å². The topological polar surface area (TPSA) is 80.6 Å². The van der Waals surface area contributed by atoms with Gasteiger partial charge in [-0.3, -0.25) is 15.1 Å². The van der Waals surface area contributed by atoms with Crippen LogP contribution in [0, 0.1) is 5.41 Å². The molecular weight excluding hydrogens is 214 g/mol. The summed E-state index contributed by atoms with van der Waals surface area (Å²) in [6, 6.07) is 7.60. The van der Waals surface area contributed by atoms with Crippen LogP contribution in [0.1, 0.15) is 25.6 Å².